The number of aromatic nitrogens is 1. The Bertz CT molecular complexity index is 1240. The number of halogens is 2. The van der Waals surface area contributed by atoms with Gasteiger partial charge in [-0.25, -0.2) is 9.37 Å². The lowest BCUT2D eigenvalue weighted by Crippen LogP contribution is -2.25. The standard InChI is InChI=1S/C22H15BrFN3O2S/c1-29-18-8-5-14(6-9-18)13-25-27(21(28)15-3-2-4-17(24)11-15)22-26-19-10-7-16(23)12-20(19)30-22/h2-13H,1H3/b25-13+. The number of thiazole rings is 1. The number of benzene rings is 3. The van der Waals surface area contributed by atoms with E-state index in [0.29, 0.717) is 5.13 Å². The second-order valence-electron chi connectivity index (χ2n) is 6.25. The SMILES string of the molecule is COc1ccc(/C=N/N(C(=O)c2cccc(F)c2)c2nc3ccc(Br)cc3s2)cc1. The molecule has 8 heteroatoms. The molecule has 1 amide bonds. The molecule has 150 valence electrons. The minimum Gasteiger partial charge on any atom is -0.497 e. The average molecular weight is 484 g/mol. The quantitative estimate of drug-likeness (QED) is 0.262. The molecule has 1 heterocycles. The fourth-order valence-corrected chi connectivity index (χ4v) is 4.20. The summed E-state index contributed by atoms with van der Waals surface area (Å²) < 4.78 is 20.7. The van der Waals surface area contributed by atoms with Crippen LogP contribution in [-0.2, 0) is 0 Å². The number of ether oxygens (including phenoxy) is 1. The molecule has 5 nitrogen and oxygen atoms in total. The summed E-state index contributed by atoms with van der Waals surface area (Å²) in [6.45, 7) is 0. The van der Waals surface area contributed by atoms with Gasteiger partial charge in [0.15, 0.2) is 0 Å². The van der Waals surface area contributed by atoms with Crippen molar-refractivity contribution in [3.63, 3.8) is 0 Å². The molecule has 4 rings (SSSR count). The Labute approximate surface area is 184 Å². The van der Waals surface area contributed by atoms with Crippen molar-refractivity contribution in [1.82, 2.24) is 4.98 Å². The fraction of sp³-hybridized carbons (Fsp3) is 0.0455. The maximum absolute atomic E-state index is 13.7. The second-order valence-corrected chi connectivity index (χ2v) is 8.18. The summed E-state index contributed by atoms with van der Waals surface area (Å²) in [5.41, 5.74) is 1.70. The minimum atomic E-state index is -0.492. The highest BCUT2D eigenvalue weighted by Crippen LogP contribution is 2.32. The molecule has 30 heavy (non-hydrogen) atoms. The summed E-state index contributed by atoms with van der Waals surface area (Å²) in [7, 11) is 1.59. The molecule has 0 saturated carbocycles. The van der Waals surface area contributed by atoms with Crippen LogP contribution in [0.4, 0.5) is 9.52 Å². The molecule has 4 aromatic rings. The van der Waals surface area contributed by atoms with Crippen molar-refractivity contribution in [2.75, 3.05) is 12.1 Å². The normalized spacial score (nSPS) is 11.2. The van der Waals surface area contributed by atoms with Crippen molar-refractivity contribution in [3.05, 3.63) is 88.1 Å². The van der Waals surface area contributed by atoms with Crippen LogP contribution in [0.15, 0.2) is 76.3 Å². The van der Waals surface area contributed by atoms with E-state index in [0.717, 1.165) is 26.0 Å². The third kappa shape index (κ3) is 4.39. The Morgan fingerprint density at radius 1 is 1.17 bits per heavy atom. The van der Waals surface area contributed by atoms with E-state index in [2.05, 4.69) is 26.0 Å². The topological polar surface area (TPSA) is 54.8 Å². The molecule has 0 aliphatic carbocycles. The smallest absolute Gasteiger partial charge is 0.280 e. The summed E-state index contributed by atoms with van der Waals surface area (Å²) in [5, 5.41) is 5.96. The lowest BCUT2D eigenvalue weighted by Gasteiger charge is -2.14. The molecule has 0 spiro atoms. The van der Waals surface area contributed by atoms with Crippen molar-refractivity contribution in [2.24, 2.45) is 5.10 Å². The number of hydrogen-bond acceptors (Lipinski definition) is 5. The molecular weight excluding hydrogens is 469 g/mol. The number of nitrogens with zero attached hydrogens (tertiary/aromatic N) is 3. The van der Waals surface area contributed by atoms with E-state index in [9.17, 15) is 9.18 Å². The highest BCUT2D eigenvalue weighted by atomic mass is 79.9. The zero-order chi connectivity index (χ0) is 21.1. The maximum Gasteiger partial charge on any atom is 0.280 e. The van der Waals surface area contributed by atoms with Crippen LogP contribution < -0.4 is 9.75 Å². The van der Waals surface area contributed by atoms with E-state index in [1.807, 2.05) is 30.3 Å². The molecular formula is C22H15BrFN3O2S. The summed E-state index contributed by atoms with van der Waals surface area (Å²) in [5.74, 6) is -0.248. The van der Waals surface area contributed by atoms with Crippen LogP contribution in [-0.4, -0.2) is 24.2 Å². The van der Waals surface area contributed by atoms with Gasteiger partial charge in [-0.15, -0.1) is 0 Å². The molecule has 0 atom stereocenters. The summed E-state index contributed by atoms with van der Waals surface area (Å²) in [6, 6.07) is 18.4. The number of anilines is 1. The second kappa shape index (κ2) is 8.73. The van der Waals surface area contributed by atoms with E-state index < -0.39 is 11.7 Å². The van der Waals surface area contributed by atoms with Crippen LogP contribution in [0, 0.1) is 5.82 Å². The largest absolute Gasteiger partial charge is 0.497 e. The van der Waals surface area contributed by atoms with Gasteiger partial charge in [-0.2, -0.15) is 10.1 Å². The summed E-state index contributed by atoms with van der Waals surface area (Å²) >= 11 is 4.77. The van der Waals surface area contributed by atoms with Gasteiger partial charge in [-0.05, 0) is 66.2 Å². The van der Waals surface area contributed by atoms with Gasteiger partial charge in [-0.1, -0.05) is 33.3 Å². The van der Waals surface area contributed by atoms with Crippen LogP contribution in [0.2, 0.25) is 0 Å². The first-order valence-corrected chi connectivity index (χ1v) is 10.5. The zero-order valence-corrected chi connectivity index (χ0v) is 18.2. The van der Waals surface area contributed by atoms with E-state index >= 15 is 0 Å². The average Bonchev–Trinajstić information content (AvgIpc) is 3.17. The first-order valence-electron chi connectivity index (χ1n) is 8.87. The zero-order valence-electron chi connectivity index (χ0n) is 15.8. The van der Waals surface area contributed by atoms with E-state index in [-0.39, 0.29) is 5.56 Å². The lowest BCUT2D eigenvalue weighted by molar-refractivity contribution is 0.0987. The highest BCUT2D eigenvalue weighted by Gasteiger charge is 2.21. The predicted octanol–water partition coefficient (Wildman–Crippen LogP) is 5.89. The molecule has 0 unspecified atom stereocenters. The molecule has 0 radical (unpaired) electrons. The van der Waals surface area contributed by atoms with Crippen LogP contribution in [0.1, 0.15) is 15.9 Å². The van der Waals surface area contributed by atoms with Crippen molar-refractivity contribution < 1.29 is 13.9 Å². The first kappa shape index (κ1) is 20.2. The number of rotatable bonds is 5. The number of hydrogen-bond donors (Lipinski definition) is 0. The van der Waals surface area contributed by atoms with Crippen LogP contribution >= 0.6 is 27.3 Å². The number of hydrazone groups is 1. The van der Waals surface area contributed by atoms with Gasteiger partial charge in [0.2, 0.25) is 5.13 Å². The maximum atomic E-state index is 13.7. The monoisotopic (exact) mass is 483 g/mol. The number of amides is 1. The van der Waals surface area contributed by atoms with Gasteiger partial charge in [0.1, 0.15) is 11.6 Å². The van der Waals surface area contributed by atoms with Crippen LogP contribution in [0.25, 0.3) is 10.2 Å². The van der Waals surface area contributed by atoms with E-state index in [4.69, 9.17) is 4.74 Å². The summed E-state index contributed by atoms with van der Waals surface area (Å²) in [6.07, 6.45) is 1.55. The number of fused-ring (bicyclic) bond motifs is 1. The Morgan fingerprint density at radius 3 is 2.70 bits per heavy atom. The molecule has 3 aromatic carbocycles. The Morgan fingerprint density at radius 2 is 1.97 bits per heavy atom. The lowest BCUT2D eigenvalue weighted by atomic mass is 10.2. The van der Waals surface area contributed by atoms with E-state index in [1.165, 1.54) is 34.5 Å². The van der Waals surface area contributed by atoms with Crippen molar-refractivity contribution >= 4 is 54.7 Å². The molecule has 0 N–H and O–H groups in total. The predicted molar refractivity (Wildman–Crippen MR) is 121 cm³/mol. The van der Waals surface area contributed by atoms with Gasteiger partial charge in [0, 0.05) is 10.0 Å². The molecule has 0 saturated heterocycles. The van der Waals surface area contributed by atoms with E-state index in [1.54, 1.807) is 31.5 Å². The number of methoxy groups -OCH3 is 1. The van der Waals surface area contributed by atoms with Crippen LogP contribution in [0.5, 0.6) is 5.75 Å². The third-order valence-electron chi connectivity index (χ3n) is 4.22. The van der Waals surface area contributed by atoms with Crippen molar-refractivity contribution in [3.8, 4) is 5.75 Å². The Balaban J connectivity index is 1.74. The molecule has 0 aliphatic heterocycles. The Kier molecular flexibility index (Phi) is 5.87. The third-order valence-corrected chi connectivity index (χ3v) is 5.71. The number of carbonyl (C=O) groups excluding carboxylic acids is 1. The first-order chi connectivity index (χ1) is 14.5. The molecule has 0 bridgehead atoms. The fourth-order valence-electron chi connectivity index (χ4n) is 2.72. The van der Waals surface area contributed by atoms with Gasteiger partial charge < -0.3 is 4.74 Å². The van der Waals surface area contributed by atoms with Gasteiger partial charge in [0.05, 0.1) is 23.5 Å². The molecule has 1 aromatic heterocycles. The van der Waals surface area contributed by atoms with Crippen molar-refractivity contribution in [2.45, 2.75) is 0 Å². The van der Waals surface area contributed by atoms with Gasteiger partial charge in [0.25, 0.3) is 5.91 Å². The Hall–Kier alpha value is -3.10. The van der Waals surface area contributed by atoms with Gasteiger partial charge >= 0.3 is 0 Å². The van der Waals surface area contributed by atoms with Crippen molar-refractivity contribution in [1.29, 1.82) is 0 Å². The van der Waals surface area contributed by atoms with Crippen LogP contribution in [0.3, 0.4) is 0 Å². The molecule has 0 aliphatic rings. The van der Waals surface area contributed by atoms with Gasteiger partial charge in [-0.3, -0.25) is 4.79 Å². The highest BCUT2D eigenvalue weighted by molar-refractivity contribution is 9.10. The summed E-state index contributed by atoms with van der Waals surface area (Å²) in [4.78, 5) is 17.7. The number of carbonyl (C=O) groups is 1. The molecule has 0 fully saturated rings. The minimum absolute atomic E-state index is 0.183.